The van der Waals surface area contributed by atoms with Gasteiger partial charge in [-0.25, -0.2) is 0 Å². The van der Waals surface area contributed by atoms with Gasteiger partial charge in [0.05, 0.1) is 24.4 Å². The minimum Gasteiger partial charge on any atom is -0.388 e. The molecule has 0 aromatic carbocycles. The van der Waals surface area contributed by atoms with Crippen LogP contribution in [0.3, 0.4) is 0 Å². The van der Waals surface area contributed by atoms with Crippen molar-refractivity contribution in [1.29, 1.82) is 0 Å². The van der Waals surface area contributed by atoms with Crippen LogP contribution in [-0.2, 0) is 33.2 Å². The summed E-state index contributed by atoms with van der Waals surface area (Å²) in [5.74, 6) is 1.13. The van der Waals surface area contributed by atoms with Gasteiger partial charge in [-0.05, 0) is 73.0 Å². The monoisotopic (exact) mass is 642 g/mol. The van der Waals surface area contributed by atoms with Crippen molar-refractivity contribution >= 4 is 0 Å². The molecule has 4 aliphatic rings. The van der Waals surface area contributed by atoms with Gasteiger partial charge in [-0.15, -0.1) is 0 Å². The molecule has 4 aliphatic heterocycles. The predicted molar refractivity (Wildman–Crippen MR) is 172 cm³/mol. The molecule has 0 aromatic heterocycles. The molecule has 4 fully saturated rings. The summed E-state index contributed by atoms with van der Waals surface area (Å²) < 4.78 is 46.1. The second-order valence-corrected chi connectivity index (χ2v) is 15.0. The molecule has 0 aliphatic carbocycles. The fraction of sp³-hybridized carbons (Fsp3) is 1.00. The van der Waals surface area contributed by atoms with Crippen LogP contribution in [-0.4, -0.2) is 84.2 Å². The Balaban J connectivity index is 1.61. The second-order valence-electron chi connectivity index (χ2n) is 15.0. The van der Waals surface area contributed by atoms with Gasteiger partial charge in [0.2, 0.25) is 0 Å². The van der Waals surface area contributed by atoms with E-state index in [1.807, 2.05) is 0 Å². The normalized spacial score (nSPS) is 52.9. The molecule has 0 bridgehead atoms. The van der Waals surface area contributed by atoms with Crippen molar-refractivity contribution in [3.8, 4) is 0 Å². The smallest absolute Gasteiger partial charge is 0.185 e. The molecule has 20 atom stereocenters. The average molecular weight is 643 g/mol. The molecule has 4 rings (SSSR count). The van der Waals surface area contributed by atoms with Crippen molar-refractivity contribution < 1.29 is 43.4 Å². The molecule has 0 amide bonds. The Morgan fingerprint density at radius 3 is 1.13 bits per heavy atom. The molecule has 0 saturated carbocycles. The number of hydrogen-bond donors (Lipinski definition) is 2. The maximum absolute atomic E-state index is 11.3. The van der Waals surface area contributed by atoms with E-state index < -0.39 is 49.6 Å². The molecule has 0 radical (unpaired) electrons. The Kier molecular flexibility index (Phi) is 13.2. The van der Waals surface area contributed by atoms with Crippen LogP contribution in [0, 0.1) is 47.3 Å². The highest BCUT2D eigenvalue weighted by atomic mass is 16.8. The standard InChI is InChI=1S/C36H66O9/c1-13-25-18(6)22(10)30(33(38)39-25)43-35-32(24(12)20(8)27(15-3)41-35)45-36-31(23(11)19(7)28(16-4)42-36)44-34-29(37)21(9)17(5)26(14-2)40-34/h17-38H,13-16H2,1-12H3/t17-,18-,19-,20-,21+,22+,23+,24+,25?,26?,27?,28?,29?,30?,31?,32?,33?,34+,35+,36+/m1/s1. The second kappa shape index (κ2) is 15.9. The molecular formula is C36H66O9. The Morgan fingerprint density at radius 1 is 0.400 bits per heavy atom. The number of hydrogen-bond acceptors (Lipinski definition) is 9. The maximum Gasteiger partial charge on any atom is 0.185 e. The summed E-state index contributed by atoms with van der Waals surface area (Å²) in [6.45, 7) is 25.7. The highest BCUT2D eigenvalue weighted by Gasteiger charge is 2.52. The van der Waals surface area contributed by atoms with Gasteiger partial charge in [-0.2, -0.15) is 0 Å². The summed E-state index contributed by atoms with van der Waals surface area (Å²) in [7, 11) is 0. The molecule has 0 aromatic rings. The van der Waals surface area contributed by atoms with Gasteiger partial charge in [0.25, 0.3) is 0 Å². The maximum atomic E-state index is 11.3. The van der Waals surface area contributed by atoms with Crippen LogP contribution in [0.5, 0.6) is 0 Å². The molecule has 0 spiro atoms. The molecule has 4 saturated heterocycles. The molecule has 9 nitrogen and oxygen atoms in total. The first kappa shape index (κ1) is 37.5. The Labute approximate surface area is 273 Å². The lowest BCUT2D eigenvalue weighted by molar-refractivity contribution is -0.386. The SMILES string of the molecule is CCC1OC(O)C(O[C@@H]2OC(CC)[C@H](C)[C@H](C)C2O[C@@H]2OC(CC)[C@H](C)[C@H](C)C2O[C@@H]2OC(CC)[C@H](C)[C@H](C)C2O)[C@@H](C)[C@H]1C. The van der Waals surface area contributed by atoms with Crippen molar-refractivity contribution in [1.82, 2.24) is 0 Å². The minimum absolute atomic E-state index is 0.00518. The third kappa shape index (κ3) is 7.62. The number of ether oxygens (including phenoxy) is 7. The van der Waals surface area contributed by atoms with E-state index >= 15 is 0 Å². The fourth-order valence-corrected chi connectivity index (χ4v) is 8.31. The van der Waals surface area contributed by atoms with Crippen molar-refractivity contribution in [3.63, 3.8) is 0 Å². The van der Waals surface area contributed by atoms with E-state index in [1.165, 1.54) is 0 Å². The minimum atomic E-state index is -1.05. The van der Waals surface area contributed by atoms with Crippen LogP contribution in [0.2, 0.25) is 0 Å². The Bertz CT molecular complexity index is 904. The zero-order chi connectivity index (χ0) is 33.3. The first-order valence-electron chi connectivity index (χ1n) is 18.2. The van der Waals surface area contributed by atoms with E-state index in [-0.39, 0.29) is 71.8 Å². The first-order valence-corrected chi connectivity index (χ1v) is 18.2. The van der Waals surface area contributed by atoms with Crippen molar-refractivity contribution in [2.24, 2.45) is 47.3 Å². The van der Waals surface area contributed by atoms with Gasteiger partial charge in [0.15, 0.2) is 25.2 Å². The van der Waals surface area contributed by atoms with Crippen LogP contribution in [0.4, 0.5) is 0 Å². The summed E-state index contributed by atoms with van der Waals surface area (Å²) in [4.78, 5) is 0. The Morgan fingerprint density at radius 2 is 0.711 bits per heavy atom. The third-order valence-electron chi connectivity index (χ3n) is 12.6. The van der Waals surface area contributed by atoms with Crippen LogP contribution < -0.4 is 0 Å². The zero-order valence-corrected chi connectivity index (χ0v) is 30.1. The fourth-order valence-electron chi connectivity index (χ4n) is 8.31. The largest absolute Gasteiger partial charge is 0.388 e. The van der Waals surface area contributed by atoms with Gasteiger partial charge < -0.3 is 43.4 Å². The molecule has 264 valence electrons. The summed E-state index contributed by atoms with van der Waals surface area (Å²) in [5.41, 5.74) is 0. The van der Waals surface area contributed by atoms with E-state index in [4.69, 9.17) is 33.2 Å². The predicted octanol–water partition coefficient (Wildman–Crippen LogP) is 6.12. The molecule has 45 heavy (non-hydrogen) atoms. The first-order chi connectivity index (χ1) is 21.3. The van der Waals surface area contributed by atoms with Gasteiger partial charge in [0.1, 0.15) is 24.4 Å². The van der Waals surface area contributed by atoms with Gasteiger partial charge in [-0.1, -0.05) is 83.1 Å². The lowest BCUT2D eigenvalue weighted by atomic mass is 9.80. The molecule has 2 N–H and O–H groups in total. The molecule has 9 heteroatoms. The van der Waals surface area contributed by atoms with Crippen molar-refractivity contribution in [2.75, 3.05) is 0 Å². The summed E-state index contributed by atoms with van der Waals surface area (Å²) in [6.07, 6.45) is -2.18. The van der Waals surface area contributed by atoms with Crippen LogP contribution in [0.25, 0.3) is 0 Å². The molecule has 9 unspecified atom stereocenters. The van der Waals surface area contributed by atoms with Crippen molar-refractivity contribution in [3.05, 3.63) is 0 Å². The van der Waals surface area contributed by atoms with Gasteiger partial charge in [-0.3, -0.25) is 0 Å². The van der Waals surface area contributed by atoms with Gasteiger partial charge >= 0.3 is 0 Å². The van der Waals surface area contributed by atoms with E-state index in [2.05, 4.69) is 83.1 Å². The highest BCUT2D eigenvalue weighted by Crippen LogP contribution is 2.43. The van der Waals surface area contributed by atoms with Crippen LogP contribution in [0.1, 0.15) is 109 Å². The summed E-state index contributed by atoms with van der Waals surface area (Å²) >= 11 is 0. The molecule has 4 heterocycles. The lowest BCUT2D eigenvalue weighted by Crippen LogP contribution is -2.61. The van der Waals surface area contributed by atoms with Crippen LogP contribution in [0.15, 0.2) is 0 Å². The van der Waals surface area contributed by atoms with Gasteiger partial charge in [0, 0.05) is 0 Å². The number of aliphatic hydroxyl groups is 2. The average Bonchev–Trinajstić information content (AvgIpc) is 3.03. The number of aliphatic hydroxyl groups excluding tert-OH is 2. The number of rotatable bonds is 10. The van der Waals surface area contributed by atoms with E-state index in [9.17, 15) is 10.2 Å². The highest BCUT2D eigenvalue weighted by molar-refractivity contribution is 4.93. The lowest BCUT2D eigenvalue weighted by Gasteiger charge is -2.52. The van der Waals surface area contributed by atoms with E-state index in [0.717, 1.165) is 25.7 Å². The zero-order valence-electron chi connectivity index (χ0n) is 30.1. The Hall–Kier alpha value is -0.360. The van der Waals surface area contributed by atoms with E-state index in [1.54, 1.807) is 0 Å². The summed E-state index contributed by atoms with van der Waals surface area (Å²) in [5, 5.41) is 22.3. The van der Waals surface area contributed by atoms with Crippen molar-refractivity contribution in [2.45, 2.75) is 183 Å². The quantitative estimate of drug-likeness (QED) is 0.292. The summed E-state index contributed by atoms with van der Waals surface area (Å²) in [6, 6.07) is 0. The van der Waals surface area contributed by atoms with Crippen LogP contribution >= 0.6 is 0 Å². The topological polar surface area (TPSA) is 105 Å². The molecular weight excluding hydrogens is 576 g/mol. The van der Waals surface area contributed by atoms with E-state index in [0.29, 0.717) is 0 Å². The third-order valence-corrected chi connectivity index (χ3v) is 12.6.